The molecule has 0 unspecified atom stereocenters. The topological polar surface area (TPSA) is 88.1 Å². The highest BCUT2D eigenvalue weighted by atomic mass is 16.5. The van der Waals surface area contributed by atoms with E-state index in [-0.39, 0.29) is 12.4 Å². The van der Waals surface area contributed by atoms with Crippen molar-refractivity contribution >= 4 is 16.7 Å². The lowest BCUT2D eigenvalue weighted by molar-refractivity contribution is 0.103. The minimum Gasteiger partial charge on any atom is -0.497 e. The molecule has 2 heterocycles. The Hall–Kier alpha value is -2.73. The first-order chi connectivity index (χ1) is 10.7. The summed E-state index contributed by atoms with van der Waals surface area (Å²) in [7, 11) is 1.59. The van der Waals surface area contributed by atoms with Crippen LogP contribution in [0.5, 0.6) is 5.75 Å². The molecule has 3 rings (SSSR count). The number of methoxy groups -OCH3 is 1. The third-order valence-corrected chi connectivity index (χ3v) is 3.44. The molecule has 0 saturated heterocycles. The summed E-state index contributed by atoms with van der Waals surface area (Å²) in [6.45, 7) is 0.0339. The molecule has 0 bridgehead atoms. The second-order valence-electron chi connectivity index (χ2n) is 4.82. The van der Waals surface area contributed by atoms with Crippen molar-refractivity contribution < 1.29 is 14.6 Å². The minimum absolute atomic E-state index is 0.0339. The third kappa shape index (κ3) is 2.56. The molecule has 1 aromatic carbocycles. The average Bonchev–Trinajstić information content (AvgIpc) is 2.98. The molecule has 0 aliphatic carbocycles. The Bertz CT molecular complexity index is 809. The van der Waals surface area contributed by atoms with Gasteiger partial charge in [0.25, 0.3) is 0 Å². The molecule has 3 aromatic rings. The maximum absolute atomic E-state index is 12.5. The lowest BCUT2D eigenvalue weighted by Gasteiger charge is -2.01. The van der Waals surface area contributed by atoms with Crippen LogP contribution < -0.4 is 4.74 Å². The summed E-state index contributed by atoms with van der Waals surface area (Å²) in [4.78, 5) is 16.7. The van der Waals surface area contributed by atoms with Crippen molar-refractivity contribution in [3.63, 3.8) is 0 Å². The standard InChI is InChI=1S/C16H15N3O3/c1-22-12-4-5-13-14(8-12)18-19-15(13)16(21)10-2-3-11(6-7-20)17-9-10/h2-5,8-9,20H,6-7H2,1H3,(H,18,19). The average molecular weight is 297 g/mol. The number of aromatic amines is 1. The molecule has 0 aliphatic rings. The van der Waals surface area contributed by atoms with Crippen molar-refractivity contribution in [1.29, 1.82) is 0 Å². The van der Waals surface area contributed by atoms with E-state index in [1.54, 1.807) is 37.4 Å². The van der Waals surface area contributed by atoms with Crippen molar-refractivity contribution in [2.24, 2.45) is 0 Å². The lowest BCUT2D eigenvalue weighted by atomic mass is 10.1. The molecule has 2 N–H and O–H groups in total. The Balaban J connectivity index is 1.94. The van der Waals surface area contributed by atoms with Crippen LogP contribution in [-0.4, -0.2) is 39.8 Å². The van der Waals surface area contributed by atoms with Gasteiger partial charge in [0.15, 0.2) is 0 Å². The number of fused-ring (bicyclic) bond motifs is 1. The van der Waals surface area contributed by atoms with Gasteiger partial charge in [0, 0.05) is 41.9 Å². The van der Waals surface area contributed by atoms with Crippen LogP contribution in [0, 0.1) is 0 Å². The van der Waals surface area contributed by atoms with Crippen molar-refractivity contribution in [3.05, 3.63) is 53.5 Å². The number of ether oxygens (including phenoxy) is 1. The van der Waals surface area contributed by atoms with Gasteiger partial charge in [-0.15, -0.1) is 0 Å². The Morgan fingerprint density at radius 1 is 1.32 bits per heavy atom. The molecule has 6 heteroatoms. The van der Waals surface area contributed by atoms with Crippen LogP contribution in [0.3, 0.4) is 0 Å². The summed E-state index contributed by atoms with van der Waals surface area (Å²) in [6.07, 6.45) is 1.98. The van der Waals surface area contributed by atoms with E-state index >= 15 is 0 Å². The molecule has 0 amide bonds. The number of carbonyl (C=O) groups excluding carboxylic acids is 1. The molecule has 22 heavy (non-hydrogen) atoms. The van der Waals surface area contributed by atoms with Gasteiger partial charge < -0.3 is 9.84 Å². The SMILES string of the molecule is COc1ccc2c(C(=O)c3ccc(CCO)nc3)n[nH]c2c1. The molecule has 0 atom stereocenters. The fourth-order valence-electron chi connectivity index (χ4n) is 2.26. The molecular weight excluding hydrogens is 282 g/mol. The monoisotopic (exact) mass is 297 g/mol. The van der Waals surface area contributed by atoms with Crippen LogP contribution >= 0.6 is 0 Å². The largest absolute Gasteiger partial charge is 0.497 e. The number of aromatic nitrogens is 3. The summed E-state index contributed by atoms with van der Waals surface area (Å²) in [5.41, 5.74) is 2.31. The zero-order chi connectivity index (χ0) is 15.5. The zero-order valence-corrected chi connectivity index (χ0v) is 12.0. The number of carbonyl (C=O) groups is 1. The highest BCUT2D eigenvalue weighted by Gasteiger charge is 2.16. The molecule has 2 aromatic heterocycles. The second kappa shape index (κ2) is 5.95. The molecule has 0 saturated carbocycles. The van der Waals surface area contributed by atoms with E-state index in [0.717, 1.165) is 16.6 Å². The summed E-state index contributed by atoms with van der Waals surface area (Å²) >= 11 is 0. The number of aliphatic hydroxyl groups excluding tert-OH is 1. The van der Waals surface area contributed by atoms with Crippen molar-refractivity contribution in [2.75, 3.05) is 13.7 Å². The van der Waals surface area contributed by atoms with E-state index in [4.69, 9.17) is 9.84 Å². The Morgan fingerprint density at radius 2 is 2.18 bits per heavy atom. The van der Waals surface area contributed by atoms with E-state index in [9.17, 15) is 4.79 Å². The van der Waals surface area contributed by atoms with Crippen LogP contribution in [0.4, 0.5) is 0 Å². The van der Waals surface area contributed by atoms with Gasteiger partial charge in [-0.2, -0.15) is 5.10 Å². The fraction of sp³-hybridized carbons (Fsp3) is 0.188. The second-order valence-corrected chi connectivity index (χ2v) is 4.82. The predicted octanol–water partition coefficient (Wildman–Crippen LogP) is 1.73. The molecular formula is C16H15N3O3. The Kier molecular flexibility index (Phi) is 3.84. The van der Waals surface area contributed by atoms with Gasteiger partial charge in [-0.3, -0.25) is 14.9 Å². The van der Waals surface area contributed by atoms with E-state index in [1.807, 2.05) is 0 Å². The van der Waals surface area contributed by atoms with Crippen molar-refractivity contribution in [2.45, 2.75) is 6.42 Å². The van der Waals surface area contributed by atoms with Gasteiger partial charge in [-0.1, -0.05) is 0 Å². The first-order valence-electron chi connectivity index (χ1n) is 6.85. The van der Waals surface area contributed by atoms with E-state index < -0.39 is 0 Å². The molecule has 0 fully saturated rings. The first-order valence-corrected chi connectivity index (χ1v) is 6.85. The van der Waals surface area contributed by atoms with Gasteiger partial charge in [0.1, 0.15) is 11.4 Å². The number of ketones is 1. The van der Waals surface area contributed by atoms with Crippen LogP contribution in [0.15, 0.2) is 36.5 Å². The van der Waals surface area contributed by atoms with E-state index in [1.165, 1.54) is 6.20 Å². The fourth-order valence-corrected chi connectivity index (χ4v) is 2.26. The predicted molar refractivity (Wildman–Crippen MR) is 81.1 cm³/mol. The molecule has 6 nitrogen and oxygen atoms in total. The molecule has 0 radical (unpaired) electrons. The van der Waals surface area contributed by atoms with E-state index in [0.29, 0.717) is 23.4 Å². The summed E-state index contributed by atoms with van der Waals surface area (Å²) in [6, 6.07) is 8.82. The van der Waals surface area contributed by atoms with Crippen LogP contribution in [0.2, 0.25) is 0 Å². The maximum Gasteiger partial charge on any atom is 0.215 e. The number of H-pyrrole nitrogens is 1. The van der Waals surface area contributed by atoms with Crippen LogP contribution in [-0.2, 0) is 6.42 Å². The first kappa shape index (κ1) is 14.2. The number of aliphatic hydroxyl groups is 1. The highest BCUT2D eigenvalue weighted by molar-refractivity contribution is 6.14. The minimum atomic E-state index is -0.195. The smallest absolute Gasteiger partial charge is 0.215 e. The van der Waals surface area contributed by atoms with Gasteiger partial charge in [-0.25, -0.2) is 0 Å². The third-order valence-electron chi connectivity index (χ3n) is 3.44. The highest BCUT2D eigenvalue weighted by Crippen LogP contribution is 2.23. The normalized spacial score (nSPS) is 10.8. The number of pyridine rings is 1. The number of rotatable bonds is 5. The number of nitrogens with one attached hydrogen (secondary N) is 1. The van der Waals surface area contributed by atoms with Crippen molar-refractivity contribution in [3.8, 4) is 5.75 Å². The Labute approximate surface area is 126 Å². The van der Waals surface area contributed by atoms with Gasteiger partial charge in [-0.05, 0) is 24.3 Å². The number of nitrogens with zero attached hydrogens (tertiary/aromatic N) is 2. The molecule has 0 aliphatic heterocycles. The summed E-state index contributed by atoms with van der Waals surface area (Å²) in [5, 5.41) is 16.6. The Morgan fingerprint density at radius 3 is 2.86 bits per heavy atom. The van der Waals surface area contributed by atoms with Gasteiger partial charge in [0.2, 0.25) is 5.78 Å². The number of hydrogen-bond acceptors (Lipinski definition) is 5. The van der Waals surface area contributed by atoms with Gasteiger partial charge in [0.05, 0.1) is 12.6 Å². The quantitative estimate of drug-likeness (QED) is 0.700. The zero-order valence-electron chi connectivity index (χ0n) is 12.0. The van der Waals surface area contributed by atoms with Crippen LogP contribution in [0.25, 0.3) is 10.9 Å². The summed E-state index contributed by atoms with van der Waals surface area (Å²) in [5.74, 6) is 0.504. The lowest BCUT2D eigenvalue weighted by Crippen LogP contribution is -2.04. The van der Waals surface area contributed by atoms with Crippen molar-refractivity contribution in [1.82, 2.24) is 15.2 Å². The molecule has 0 spiro atoms. The maximum atomic E-state index is 12.5. The van der Waals surface area contributed by atoms with Crippen LogP contribution in [0.1, 0.15) is 21.7 Å². The van der Waals surface area contributed by atoms with Gasteiger partial charge >= 0.3 is 0 Å². The number of benzene rings is 1. The number of hydrogen-bond donors (Lipinski definition) is 2. The van der Waals surface area contributed by atoms with E-state index in [2.05, 4.69) is 15.2 Å². The molecule has 112 valence electrons. The summed E-state index contributed by atoms with van der Waals surface area (Å²) < 4.78 is 5.15.